The Morgan fingerprint density at radius 2 is 2.33 bits per heavy atom. The average Bonchev–Trinajstić information content (AvgIpc) is 3.27. The van der Waals surface area contributed by atoms with E-state index in [1.165, 1.54) is 6.92 Å². The van der Waals surface area contributed by atoms with Crippen LogP contribution in [0.3, 0.4) is 0 Å². The van der Waals surface area contributed by atoms with E-state index in [9.17, 15) is 9.59 Å². The highest BCUT2D eigenvalue weighted by Gasteiger charge is 2.32. The first kappa shape index (κ1) is 16.7. The summed E-state index contributed by atoms with van der Waals surface area (Å²) in [6.07, 6.45) is 6.05. The zero-order valence-electron chi connectivity index (χ0n) is 13.9. The molecule has 2 atom stereocenters. The first-order chi connectivity index (χ1) is 11.5. The predicted molar refractivity (Wildman–Crippen MR) is 92.4 cm³/mol. The van der Waals surface area contributed by atoms with Gasteiger partial charge in [-0.15, -0.1) is 11.3 Å². The summed E-state index contributed by atoms with van der Waals surface area (Å²) >= 11 is 1.56. The van der Waals surface area contributed by atoms with Crippen LogP contribution in [0.15, 0.2) is 29.9 Å². The third-order valence-electron chi connectivity index (χ3n) is 4.33. The molecule has 2 aromatic heterocycles. The molecule has 1 saturated heterocycles. The summed E-state index contributed by atoms with van der Waals surface area (Å²) in [7, 11) is 1.88. The number of rotatable bonds is 5. The summed E-state index contributed by atoms with van der Waals surface area (Å²) in [5.74, 6) is -0.0417. The van der Waals surface area contributed by atoms with Crippen molar-refractivity contribution in [3.05, 3.63) is 40.3 Å². The largest absolute Gasteiger partial charge is 0.348 e. The van der Waals surface area contributed by atoms with Gasteiger partial charge in [-0.3, -0.25) is 14.3 Å². The van der Waals surface area contributed by atoms with Gasteiger partial charge in [-0.05, 0) is 24.3 Å². The van der Waals surface area contributed by atoms with Crippen molar-refractivity contribution in [1.82, 2.24) is 20.0 Å². The fourth-order valence-corrected chi connectivity index (χ4v) is 4.05. The highest BCUT2D eigenvalue weighted by molar-refractivity contribution is 7.10. The average molecular weight is 346 g/mol. The molecule has 0 radical (unpaired) electrons. The van der Waals surface area contributed by atoms with Crippen LogP contribution in [0.4, 0.5) is 0 Å². The molecule has 6 nitrogen and oxygen atoms in total. The molecule has 3 heterocycles. The number of hydrogen-bond donors (Lipinski definition) is 1. The monoisotopic (exact) mass is 346 g/mol. The van der Waals surface area contributed by atoms with Crippen molar-refractivity contribution in [3.63, 3.8) is 0 Å². The fourth-order valence-electron chi connectivity index (χ4n) is 3.27. The van der Waals surface area contributed by atoms with E-state index < -0.39 is 0 Å². The van der Waals surface area contributed by atoms with E-state index in [2.05, 4.69) is 10.4 Å². The molecule has 1 fully saturated rings. The van der Waals surface area contributed by atoms with Crippen LogP contribution in [0, 0.1) is 0 Å². The number of nitrogens with one attached hydrogen (secondary N) is 1. The van der Waals surface area contributed by atoms with Crippen molar-refractivity contribution in [2.75, 3.05) is 6.54 Å². The molecule has 1 aliphatic rings. The predicted octanol–water partition coefficient (Wildman–Crippen LogP) is 2.41. The first-order valence-electron chi connectivity index (χ1n) is 8.13. The molecule has 1 aliphatic heterocycles. The second kappa shape index (κ2) is 7.17. The Balaban J connectivity index is 1.73. The van der Waals surface area contributed by atoms with Crippen molar-refractivity contribution >= 4 is 23.2 Å². The van der Waals surface area contributed by atoms with Crippen LogP contribution in [-0.4, -0.2) is 33.0 Å². The zero-order chi connectivity index (χ0) is 17.1. The number of aryl methyl sites for hydroxylation is 1. The lowest BCUT2D eigenvalue weighted by Crippen LogP contribution is -2.35. The fraction of sp³-hybridized carbons (Fsp3) is 0.471. The van der Waals surface area contributed by atoms with Crippen LogP contribution in [-0.2, 0) is 16.6 Å². The maximum Gasteiger partial charge on any atom is 0.225 e. The molecule has 0 saturated carbocycles. The van der Waals surface area contributed by atoms with Crippen LogP contribution in [0.25, 0.3) is 0 Å². The van der Waals surface area contributed by atoms with Crippen LogP contribution in [0.5, 0.6) is 0 Å². The van der Waals surface area contributed by atoms with E-state index in [0.29, 0.717) is 0 Å². The van der Waals surface area contributed by atoms with Gasteiger partial charge in [-0.25, -0.2) is 0 Å². The number of likely N-dealkylation sites (tertiary alicyclic amines) is 1. The SMILES string of the molecule is CC(=O)N[C@H](CC(=O)N1CCC[C@H]1c1cnn(C)c1)c1cccs1. The van der Waals surface area contributed by atoms with Crippen LogP contribution >= 0.6 is 11.3 Å². The number of aromatic nitrogens is 2. The highest BCUT2D eigenvalue weighted by Crippen LogP contribution is 2.33. The lowest BCUT2D eigenvalue weighted by Gasteiger charge is -2.26. The second-order valence-electron chi connectivity index (χ2n) is 6.17. The summed E-state index contributed by atoms with van der Waals surface area (Å²) in [5.41, 5.74) is 1.08. The smallest absolute Gasteiger partial charge is 0.225 e. The number of carbonyl (C=O) groups is 2. The zero-order valence-corrected chi connectivity index (χ0v) is 14.8. The first-order valence-corrected chi connectivity index (χ1v) is 9.01. The van der Waals surface area contributed by atoms with E-state index in [4.69, 9.17) is 0 Å². The maximum absolute atomic E-state index is 12.9. The van der Waals surface area contributed by atoms with Crippen molar-refractivity contribution in [2.24, 2.45) is 7.05 Å². The van der Waals surface area contributed by atoms with Crippen LogP contribution < -0.4 is 5.32 Å². The lowest BCUT2D eigenvalue weighted by molar-refractivity contribution is -0.133. The van der Waals surface area contributed by atoms with E-state index in [1.54, 1.807) is 16.0 Å². The van der Waals surface area contributed by atoms with Gasteiger partial charge in [0.25, 0.3) is 0 Å². The quantitative estimate of drug-likeness (QED) is 0.904. The molecular formula is C17H22N4O2S. The minimum absolute atomic E-state index is 0.0773. The summed E-state index contributed by atoms with van der Waals surface area (Å²) < 4.78 is 1.77. The van der Waals surface area contributed by atoms with Gasteiger partial charge in [0.1, 0.15) is 0 Å². The molecule has 7 heteroatoms. The number of carbonyl (C=O) groups excluding carboxylic acids is 2. The summed E-state index contributed by atoms with van der Waals surface area (Å²) in [6.45, 7) is 2.25. The summed E-state index contributed by atoms with van der Waals surface area (Å²) in [4.78, 5) is 27.3. The Kier molecular flexibility index (Phi) is 4.99. The molecule has 0 unspecified atom stereocenters. The summed E-state index contributed by atoms with van der Waals surface area (Å²) in [6, 6.07) is 3.73. The molecule has 0 aromatic carbocycles. The van der Waals surface area contributed by atoms with Crippen LogP contribution in [0.2, 0.25) is 0 Å². The number of hydrogen-bond acceptors (Lipinski definition) is 4. The van der Waals surface area contributed by atoms with E-state index in [-0.39, 0.29) is 30.3 Å². The second-order valence-corrected chi connectivity index (χ2v) is 7.14. The highest BCUT2D eigenvalue weighted by atomic mass is 32.1. The van der Waals surface area contributed by atoms with E-state index in [1.807, 2.05) is 41.9 Å². The molecule has 128 valence electrons. The molecule has 24 heavy (non-hydrogen) atoms. The third kappa shape index (κ3) is 3.67. The van der Waals surface area contributed by atoms with Gasteiger partial charge in [0.2, 0.25) is 11.8 Å². The Hall–Kier alpha value is -2.15. The third-order valence-corrected chi connectivity index (χ3v) is 5.31. The van der Waals surface area contributed by atoms with E-state index >= 15 is 0 Å². The maximum atomic E-state index is 12.9. The van der Waals surface area contributed by atoms with Gasteiger partial charge >= 0.3 is 0 Å². The van der Waals surface area contributed by atoms with Gasteiger partial charge in [-0.2, -0.15) is 5.10 Å². The number of thiophene rings is 1. The topological polar surface area (TPSA) is 67.2 Å². The van der Waals surface area contributed by atoms with Gasteiger partial charge in [0.05, 0.1) is 24.7 Å². The number of nitrogens with zero attached hydrogens (tertiary/aromatic N) is 3. The Labute approximate surface area is 145 Å². The molecule has 1 N–H and O–H groups in total. The molecule has 0 bridgehead atoms. The van der Waals surface area contributed by atoms with Gasteiger partial charge in [-0.1, -0.05) is 6.07 Å². The molecule has 0 spiro atoms. The Bertz CT molecular complexity index is 710. The van der Waals surface area contributed by atoms with Gasteiger partial charge in [0.15, 0.2) is 0 Å². The standard InChI is InChI=1S/C17H22N4O2S/c1-12(22)19-14(16-6-4-8-24-16)9-17(23)21-7-3-5-15(21)13-10-18-20(2)11-13/h4,6,8,10-11,14-15H,3,5,7,9H2,1-2H3,(H,19,22)/t14-,15+/m1/s1. The van der Waals surface area contributed by atoms with Crippen molar-refractivity contribution < 1.29 is 9.59 Å². The van der Waals surface area contributed by atoms with Crippen molar-refractivity contribution in [1.29, 1.82) is 0 Å². The molecule has 3 rings (SSSR count). The minimum atomic E-state index is -0.259. The summed E-state index contributed by atoms with van der Waals surface area (Å²) in [5, 5.41) is 9.08. The normalized spacial score (nSPS) is 18.6. The molecule has 2 amide bonds. The van der Waals surface area contributed by atoms with E-state index in [0.717, 1.165) is 29.8 Å². The number of amides is 2. The van der Waals surface area contributed by atoms with Crippen molar-refractivity contribution in [3.8, 4) is 0 Å². The lowest BCUT2D eigenvalue weighted by atomic mass is 10.1. The molecule has 2 aromatic rings. The molecular weight excluding hydrogens is 324 g/mol. The Morgan fingerprint density at radius 1 is 1.50 bits per heavy atom. The van der Waals surface area contributed by atoms with Crippen LogP contribution in [0.1, 0.15) is 48.7 Å². The van der Waals surface area contributed by atoms with Gasteiger partial charge < -0.3 is 10.2 Å². The molecule has 0 aliphatic carbocycles. The Morgan fingerprint density at radius 3 is 2.96 bits per heavy atom. The van der Waals surface area contributed by atoms with Gasteiger partial charge in [0, 0.05) is 37.2 Å². The minimum Gasteiger partial charge on any atom is -0.348 e. The van der Waals surface area contributed by atoms with Crippen molar-refractivity contribution in [2.45, 2.75) is 38.3 Å².